The lowest BCUT2D eigenvalue weighted by Crippen LogP contribution is -2.37. The third-order valence-electron chi connectivity index (χ3n) is 7.82. The summed E-state index contributed by atoms with van der Waals surface area (Å²) in [6.07, 6.45) is -2.31. The van der Waals surface area contributed by atoms with Crippen LogP contribution in [0.5, 0.6) is 0 Å². The van der Waals surface area contributed by atoms with Crippen LogP contribution >= 0.6 is 0 Å². The summed E-state index contributed by atoms with van der Waals surface area (Å²) in [5.41, 5.74) is 1.18. The number of halogens is 5. The highest BCUT2D eigenvalue weighted by Gasteiger charge is 2.39. The number of carbonyl (C=O) groups excluding carboxylic acids is 3. The average molecular weight is 624 g/mol. The summed E-state index contributed by atoms with van der Waals surface area (Å²) in [5.74, 6) is -4.85. The number of nitrogens with zero attached hydrogens (tertiary/aromatic N) is 5. The van der Waals surface area contributed by atoms with Crippen molar-refractivity contribution in [1.29, 1.82) is 0 Å². The molecule has 1 unspecified atom stereocenters. The number of aliphatic hydroxyl groups is 1. The lowest BCUT2D eigenvalue weighted by molar-refractivity contribution is -0.145. The van der Waals surface area contributed by atoms with Crippen LogP contribution in [0.1, 0.15) is 85.3 Å². The summed E-state index contributed by atoms with van der Waals surface area (Å²) in [6, 6.07) is 2.09. The van der Waals surface area contributed by atoms with Gasteiger partial charge in [0, 0.05) is 44.0 Å². The number of hydrogen-bond acceptors (Lipinski definition) is 7. The van der Waals surface area contributed by atoms with Crippen LogP contribution in [0.3, 0.4) is 0 Å². The number of alkyl halides is 5. The number of hydrogen-bond donors (Lipinski definition) is 3. The van der Waals surface area contributed by atoms with Crippen LogP contribution in [0.15, 0.2) is 36.9 Å². The van der Waals surface area contributed by atoms with Crippen molar-refractivity contribution < 1.29 is 41.4 Å². The van der Waals surface area contributed by atoms with Gasteiger partial charge in [-0.1, -0.05) is 0 Å². The van der Waals surface area contributed by atoms with Crippen molar-refractivity contribution in [3.8, 4) is 0 Å². The van der Waals surface area contributed by atoms with Crippen LogP contribution in [0.4, 0.5) is 27.6 Å². The number of rotatable bonds is 9. The number of pyridine rings is 1. The zero-order chi connectivity index (χ0) is 31.6. The quantitative estimate of drug-likeness (QED) is 0.242. The van der Waals surface area contributed by atoms with Crippen LogP contribution in [0.2, 0.25) is 0 Å². The van der Waals surface area contributed by atoms with Gasteiger partial charge in [-0.3, -0.25) is 19.4 Å². The minimum Gasteiger partial charge on any atom is -0.369 e. The lowest BCUT2D eigenvalue weighted by Gasteiger charge is -2.33. The maximum atomic E-state index is 14.0. The molecule has 3 aromatic heterocycles. The van der Waals surface area contributed by atoms with Gasteiger partial charge in [0.05, 0.1) is 48.0 Å². The Bertz CT molecular complexity index is 1540. The van der Waals surface area contributed by atoms with Crippen LogP contribution in [-0.4, -0.2) is 61.1 Å². The van der Waals surface area contributed by atoms with Gasteiger partial charge in [-0.25, -0.2) is 18.3 Å². The molecule has 0 bridgehead atoms. The Labute approximate surface area is 247 Å². The van der Waals surface area contributed by atoms with E-state index in [9.17, 15) is 41.4 Å². The van der Waals surface area contributed by atoms with E-state index >= 15 is 0 Å². The first-order valence-corrected chi connectivity index (χ1v) is 14.1. The summed E-state index contributed by atoms with van der Waals surface area (Å²) >= 11 is 0. The summed E-state index contributed by atoms with van der Waals surface area (Å²) < 4.78 is 66.6. The van der Waals surface area contributed by atoms with Gasteiger partial charge >= 0.3 is 6.18 Å². The molecule has 236 valence electrons. The third-order valence-corrected chi connectivity index (χ3v) is 7.82. The molecule has 1 aliphatic carbocycles. The average Bonchev–Trinajstić information content (AvgIpc) is 3.60. The maximum Gasteiger partial charge on any atom is 0.389 e. The molecule has 44 heavy (non-hydrogen) atoms. The van der Waals surface area contributed by atoms with Gasteiger partial charge < -0.3 is 20.6 Å². The van der Waals surface area contributed by atoms with Crippen molar-refractivity contribution in [2.24, 2.45) is 5.92 Å². The van der Waals surface area contributed by atoms with Gasteiger partial charge in [0.1, 0.15) is 0 Å². The van der Waals surface area contributed by atoms with Crippen molar-refractivity contribution in [3.05, 3.63) is 53.7 Å². The minimum atomic E-state index is -4.53. The Hall–Kier alpha value is -4.21. The summed E-state index contributed by atoms with van der Waals surface area (Å²) in [4.78, 5) is 47.6. The zero-order valence-electron chi connectivity index (χ0n) is 23.4. The fraction of sp³-hybridized carbons (Fsp3) is 0.500. The largest absolute Gasteiger partial charge is 0.389 e. The highest BCUT2D eigenvalue weighted by molar-refractivity contribution is 5.98. The van der Waals surface area contributed by atoms with Crippen molar-refractivity contribution in [2.75, 3.05) is 11.4 Å². The van der Waals surface area contributed by atoms with Crippen LogP contribution in [0, 0.1) is 5.92 Å². The maximum absolute atomic E-state index is 14.0. The van der Waals surface area contributed by atoms with E-state index in [1.807, 2.05) is 0 Å². The second-order valence-corrected chi connectivity index (χ2v) is 11.1. The van der Waals surface area contributed by atoms with Crippen LogP contribution in [-0.2, 0) is 9.59 Å². The molecule has 3 N–H and O–H groups in total. The van der Waals surface area contributed by atoms with E-state index in [1.54, 1.807) is 11.0 Å². The Morgan fingerprint density at radius 2 is 1.86 bits per heavy atom. The van der Waals surface area contributed by atoms with Crippen molar-refractivity contribution >= 4 is 29.1 Å². The highest BCUT2D eigenvalue weighted by atomic mass is 19.4. The second-order valence-electron chi connectivity index (χ2n) is 11.1. The molecule has 2 aliphatic rings. The molecule has 2 atom stereocenters. The normalized spacial score (nSPS) is 18.8. The number of amides is 3. The fourth-order valence-corrected chi connectivity index (χ4v) is 5.45. The first kappa shape index (κ1) is 31.2. The topological polar surface area (TPSA) is 142 Å². The molecule has 3 aromatic rings. The molecule has 3 amide bonds. The first-order chi connectivity index (χ1) is 20.8. The number of fused-ring (bicyclic) bond motifs is 1. The van der Waals surface area contributed by atoms with Crippen LogP contribution in [0.25, 0.3) is 5.65 Å². The van der Waals surface area contributed by atoms with Gasteiger partial charge in [-0.15, -0.1) is 0 Å². The molecule has 0 spiro atoms. The molecule has 0 radical (unpaired) electrons. The van der Waals surface area contributed by atoms with E-state index in [0.717, 1.165) is 0 Å². The van der Waals surface area contributed by atoms with Gasteiger partial charge in [0.15, 0.2) is 11.9 Å². The van der Waals surface area contributed by atoms with Crippen molar-refractivity contribution in [2.45, 2.75) is 75.7 Å². The van der Waals surface area contributed by atoms with Gasteiger partial charge in [0.25, 0.3) is 5.91 Å². The monoisotopic (exact) mass is 623 g/mol. The Morgan fingerprint density at radius 3 is 2.55 bits per heavy atom. The fourth-order valence-electron chi connectivity index (χ4n) is 5.45. The summed E-state index contributed by atoms with van der Waals surface area (Å²) in [5, 5.41) is 19.5. The Balaban J connectivity index is 1.37. The molecule has 2 fully saturated rings. The molecule has 16 heteroatoms. The SMILES string of the molecule is O=C(CCC(F)(F)F)N[C@H](O)c1cnn2cc(C(NC(=O)c3cncc(N4CCCC4=O)c3)C3CCC(F)(F)CC3)nc2c1. The molecular weight excluding hydrogens is 593 g/mol. The smallest absolute Gasteiger partial charge is 0.369 e. The first-order valence-electron chi connectivity index (χ1n) is 14.1. The number of anilines is 1. The number of imidazole rings is 1. The van der Waals surface area contributed by atoms with Gasteiger partial charge in [0.2, 0.25) is 17.7 Å². The van der Waals surface area contributed by atoms with Crippen molar-refractivity contribution in [1.82, 2.24) is 30.2 Å². The lowest BCUT2D eigenvalue weighted by atomic mass is 9.81. The highest BCUT2D eigenvalue weighted by Crippen LogP contribution is 2.41. The molecule has 4 heterocycles. The van der Waals surface area contributed by atoms with Crippen LogP contribution < -0.4 is 15.5 Å². The van der Waals surface area contributed by atoms with Crippen molar-refractivity contribution in [3.63, 3.8) is 0 Å². The number of nitrogens with one attached hydrogen (secondary N) is 2. The third kappa shape index (κ3) is 7.46. The molecule has 1 saturated carbocycles. The standard InChI is InChI=1S/C28H30F5N7O4/c29-27(30)6-3-16(4-7-27)24(38-26(44)17-10-19(14-34-12-17)39-9-1-2-23(39)42)20-15-40-21(36-20)11-18(13-35-40)25(43)37-22(41)5-8-28(31,32)33/h10-16,24-25,43H,1-9H2,(H,37,41)(H,38,44)/t24?,25-/m1/s1. The summed E-state index contributed by atoms with van der Waals surface area (Å²) in [7, 11) is 0. The second kappa shape index (κ2) is 12.4. The molecule has 5 rings (SSSR count). The van der Waals surface area contributed by atoms with E-state index < -0.39 is 54.9 Å². The summed E-state index contributed by atoms with van der Waals surface area (Å²) in [6.45, 7) is 0.507. The number of carbonyl (C=O) groups is 3. The Morgan fingerprint density at radius 1 is 1.11 bits per heavy atom. The van der Waals surface area contributed by atoms with E-state index in [-0.39, 0.29) is 48.4 Å². The number of aliphatic hydroxyl groups excluding tert-OH is 1. The molecule has 1 aliphatic heterocycles. The van der Waals surface area contributed by atoms with Gasteiger partial charge in [-0.05, 0) is 37.3 Å². The molecule has 0 aromatic carbocycles. The molecule has 11 nitrogen and oxygen atoms in total. The Kier molecular flexibility index (Phi) is 8.81. The zero-order valence-corrected chi connectivity index (χ0v) is 23.4. The predicted molar refractivity (Wildman–Crippen MR) is 144 cm³/mol. The van der Waals surface area contributed by atoms with E-state index in [1.165, 1.54) is 35.4 Å². The predicted octanol–water partition coefficient (Wildman–Crippen LogP) is 4.00. The van der Waals surface area contributed by atoms with Gasteiger partial charge in [-0.2, -0.15) is 18.3 Å². The molecular formula is C28H30F5N7O4. The van der Waals surface area contributed by atoms with E-state index in [2.05, 4.69) is 25.7 Å². The van der Waals surface area contributed by atoms with E-state index in [0.29, 0.717) is 30.8 Å². The number of aromatic nitrogens is 4. The molecule has 1 saturated heterocycles. The minimum absolute atomic E-state index is 0.0484. The van der Waals surface area contributed by atoms with E-state index in [4.69, 9.17) is 0 Å².